The molecule has 1 rings (SSSR count). The van der Waals surface area contributed by atoms with E-state index in [0.29, 0.717) is 12.2 Å². The van der Waals surface area contributed by atoms with Crippen LogP contribution in [-0.2, 0) is 4.74 Å². The van der Waals surface area contributed by atoms with E-state index in [1.54, 1.807) is 6.07 Å². The van der Waals surface area contributed by atoms with Crippen LogP contribution in [0.3, 0.4) is 0 Å². The molecule has 0 spiro atoms. The van der Waals surface area contributed by atoms with Crippen LogP contribution in [0.2, 0.25) is 0 Å². The van der Waals surface area contributed by atoms with Crippen LogP contribution in [0.4, 0.5) is 0 Å². The molecule has 0 aliphatic heterocycles. The van der Waals surface area contributed by atoms with Gasteiger partial charge in [0, 0.05) is 0 Å². The Morgan fingerprint density at radius 2 is 2.14 bits per heavy atom. The number of rotatable bonds is 3. The molecule has 0 heterocycles. The summed E-state index contributed by atoms with van der Waals surface area (Å²) in [6, 6.07) is 7.67. The average Bonchev–Trinajstić information content (AvgIpc) is 2.18. The molecule has 0 amide bonds. The molecule has 3 heteroatoms. The van der Waals surface area contributed by atoms with Crippen molar-refractivity contribution >= 4 is 19.2 Å². The van der Waals surface area contributed by atoms with Crippen LogP contribution in [0.25, 0.3) is 0 Å². The minimum Gasteiger partial charge on any atom is -0.462 e. The van der Waals surface area contributed by atoms with Gasteiger partial charge in [0.15, 0.2) is 0 Å². The van der Waals surface area contributed by atoms with E-state index in [1.165, 1.54) is 5.30 Å². The summed E-state index contributed by atoms with van der Waals surface area (Å²) in [5, 5.41) is 1.23. The second kappa shape index (κ2) is 5.11. The van der Waals surface area contributed by atoms with E-state index in [4.69, 9.17) is 4.74 Å². The van der Waals surface area contributed by atoms with Crippen molar-refractivity contribution in [3.8, 4) is 0 Å². The third-order valence-electron chi connectivity index (χ3n) is 1.87. The summed E-state index contributed by atoms with van der Waals surface area (Å²) in [5.74, 6) is -0.230. The maximum Gasteiger partial charge on any atom is 0.338 e. The van der Waals surface area contributed by atoms with Gasteiger partial charge in [0.25, 0.3) is 0 Å². The van der Waals surface area contributed by atoms with Crippen molar-refractivity contribution in [1.82, 2.24) is 0 Å². The fourth-order valence-corrected chi connectivity index (χ4v) is 1.91. The van der Waals surface area contributed by atoms with Gasteiger partial charge < -0.3 is 4.74 Å². The lowest BCUT2D eigenvalue weighted by Crippen LogP contribution is -2.08. The van der Waals surface area contributed by atoms with Gasteiger partial charge in [0.2, 0.25) is 0 Å². The Hall–Kier alpha value is -0.880. The number of carbonyl (C=O) groups is 1. The first-order valence-electron chi connectivity index (χ1n) is 4.59. The Morgan fingerprint density at radius 3 is 2.71 bits per heavy atom. The molecule has 0 radical (unpaired) electrons. The Kier molecular flexibility index (Phi) is 4.09. The van der Waals surface area contributed by atoms with Crippen LogP contribution in [0.15, 0.2) is 24.3 Å². The van der Waals surface area contributed by atoms with Crippen LogP contribution >= 0.6 is 7.92 Å². The Balaban J connectivity index is 2.88. The standard InChI is InChI=1S/C11H15O2P/c1-4-13-11(12)9-6-5-7-10(8-9)14(2)3/h5-8H,4H2,1-3H3. The minimum absolute atomic E-state index is 0.154. The Morgan fingerprint density at radius 1 is 1.43 bits per heavy atom. The smallest absolute Gasteiger partial charge is 0.338 e. The van der Waals surface area contributed by atoms with Crippen LogP contribution in [0.1, 0.15) is 17.3 Å². The lowest BCUT2D eigenvalue weighted by Gasteiger charge is -2.07. The highest BCUT2D eigenvalue weighted by Crippen LogP contribution is 2.23. The second-order valence-electron chi connectivity index (χ2n) is 3.17. The van der Waals surface area contributed by atoms with E-state index in [-0.39, 0.29) is 13.9 Å². The maximum absolute atomic E-state index is 11.4. The van der Waals surface area contributed by atoms with Gasteiger partial charge >= 0.3 is 5.97 Å². The zero-order valence-electron chi connectivity index (χ0n) is 8.78. The average molecular weight is 210 g/mol. The molecule has 0 atom stereocenters. The first-order chi connectivity index (χ1) is 6.65. The van der Waals surface area contributed by atoms with Gasteiger partial charge in [-0.15, -0.1) is 0 Å². The number of carbonyl (C=O) groups excluding carboxylic acids is 1. The molecule has 0 N–H and O–H groups in total. The number of esters is 1. The van der Waals surface area contributed by atoms with Crippen LogP contribution in [0.5, 0.6) is 0 Å². The van der Waals surface area contributed by atoms with Gasteiger partial charge in [0.05, 0.1) is 12.2 Å². The summed E-state index contributed by atoms with van der Waals surface area (Å²) in [6.45, 7) is 6.57. The molecule has 0 saturated heterocycles. The third kappa shape index (κ3) is 2.81. The van der Waals surface area contributed by atoms with Gasteiger partial charge in [-0.25, -0.2) is 4.79 Å². The van der Waals surface area contributed by atoms with Gasteiger partial charge in [0.1, 0.15) is 0 Å². The van der Waals surface area contributed by atoms with Crippen molar-refractivity contribution in [2.24, 2.45) is 0 Å². The highest BCUT2D eigenvalue weighted by Gasteiger charge is 2.07. The molecule has 0 saturated carbocycles. The molecular weight excluding hydrogens is 195 g/mol. The molecule has 1 aromatic rings. The predicted molar refractivity (Wildman–Crippen MR) is 60.8 cm³/mol. The maximum atomic E-state index is 11.4. The second-order valence-corrected chi connectivity index (χ2v) is 5.47. The van der Waals surface area contributed by atoms with E-state index in [1.807, 2.05) is 19.1 Å². The van der Waals surface area contributed by atoms with E-state index >= 15 is 0 Å². The van der Waals surface area contributed by atoms with Crippen molar-refractivity contribution in [2.45, 2.75) is 6.92 Å². The molecule has 1 aromatic carbocycles. The molecule has 0 unspecified atom stereocenters. The fraction of sp³-hybridized carbons (Fsp3) is 0.364. The van der Waals surface area contributed by atoms with Crippen LogP contribution in [0, 0.1) is 0 Å². The summed E-state index contributed by atoms with van der Waals surface area (Å²) >= 11 is 0. The first-order valence-corrected chi connectivity index (χ1v) is 6.83. The predicted octanol–water partition coefficient (Wildman–Crippen LogP) is 2.23. The minimum atomic E-state index is -0.230. The van der Waals surface area contributed by atoms with E-state index in [2.05, 4.69) is 19.4 Å². The zero-order valence-corrected chi connectivity index (χ0v) is 9.67. The van der Waals surface area contributed by atoms with Crippen molar-refractivity contribution in [3.05, 3.63) is 29.8 Å². The zero-order chi connectivity index (χ0) is 10.6. The monoisotopic (exact) mass is 210 g/mol. The molecule has 2 nitrogen and oxygen atoms in total. The highest BCUT2D eigenvalue weighted by atomic mass is 31.1. The number of benzene rings is 1. The topological polar surface area (TPSA) is 26.3 Å². The first kappa shape index (κ1) is 11.2. The molecular formula is C11H15O2P. The molecule has 0 aliphatic carbocycles. The van der Waals surface area contributed by atoms with Gasteiger partial charge in [-0.3, -0.25) is 0 Å². The van der Waals surface area contributed by atoms with Gasteiger partial charge in [-0.2, -0.15) is 0 Å². The third-order valence-corrected chi connectivity index (χ3v) is 3.18. The molecule has 14 heavy (non-hydrogen) atoms. The molecule has 0 aliphatic rings. The number of hydrogen-bond acceptors (Lipinski definition) is 2. The molecule has 76 valence electrons. The largest absolute Gasteiger partial charge is 0.462 e. The van der Waals surface area contributed by atoms with E-state index < -0.39 is 0 Å². The van der Waals surface area contributed by atoms with E-state index in [0.717, 1.165) is 0 Å². The summed E-state index contributed by atoms with van der Waals surface area (Å²) in [5.41, 5.74) is 0.653. The van der Waals surface area contributed by atoms with Crippen molar-refractivity contribution in [1.29, 1.82) is 0 Å². The SMILES string of the molecule is CCOC(=O)c1cccc(P(C)C)c1. The lowest BCUT2D eigenvalue weighted by molar-refractivity contribution is 0.0526. The quantitative estimate of drug-likeness (QED) is 0.565. The van der Waals surface area contributed by atoms with Gasteiger partial charge in [-0.05, 0) is 37.7 Å². The summed E-state index contributed by atoms with van der Waals surface area (Å²) in [6.07, 6.45) is 0. The van der Waals surface area contributed by atoms with Crippen molar-refractivity contribution in [3.63, 3.8) is 0 Å². The van der Waals surface area contributed by atoms with Crippen LogP contribution < -0.4 is 5.30 Å². The number of hydrogen-bond donors (Lipinski definition) is 0. The summed E-state index contributed by atoms with van der Waals surface area (Å²) < 4.78 is 4.93. The van der Waals surface area contributed by atoms with E-state index in [9.17, 15) is 4.79 Å². The molecule has 0 bridgehead atoms. The van der Waals surface area contributed by atoms with Crippen molar-refractivity contribution < 1.29 is 9.53 Å². The normalized spacial score (nSPS) is 10.3. The Bertz CT molecular complexity index is 321. The fourth-order valence-electron chi connectivity index (χ4n) is 1.13. The molecule has 0 fully saturated rings. The highest BCUT2D eigenvalue weighted by molar-refractivity contribution is 7.64. The molecule has 0 aromatic heterocycles. The van der Waals surface area contributed by atoms with Crippen LogP contribution in [-0.4, -0.2) is 25.9 Å². The van der Waals surface area contributed by atoms with Crippen molar-refractivity contribution in [2.75, 3.05) is 19.9 Å². The summed E-state index contributed by atoms with van der Waals surface area (Å²) in [7, 11) is -0.154. The lowest BCUT2D eigenvalue weighted by atomic mass is 10.2. The summed E-state index contributed by atoms with van der Waals surface area (Å²) in [4.78, 5) is 11.4. The number of ether oxygens (including phenoxy) is 1. The van der Waals surface area contributed by atoms with Gasteiger partial charge in [-0.1, -0.05) is 20.1 Å². The Labute approximate surface area is 86.0 Å².